The smallest absolute Gasteiger partial charge is 0.228 e. The number of rotatable bonds is 4. The fourth-order valence-corrected chi connectivity index (χ4v) is 1.53. The second-order valence-corrected chi connectivity index (χ2v) is 4.53. The van der Waals surface area contributed by atoms with E-state index in [9.17, 15) is 4.79 Å². The van der Waals surface area contributed by atoms with Crippen LogP contribution in [0.4, 0.5) is 5.95 Å². The fraction of sp³-hybridized carbons (Fsp3) is 0.500. The number of amides is 1. The van der Waals surface area contributed by atoms with Crippen molar-refractivity contribution in [3.05, 3.63) is 10.6 Å². The molecule has 0 spiro atoms. The van der Waals surface area contributed by atoms with Gasteiger partial charge in [0.2, 0.25) is 22.4 Å². The SMILES string of the molecule is CC(C)(CC(N)=O)Nc1nc(Cl)nc(Cl)n1. The molecule has 16 heavy (non-hydrogen) atoms. The molecule has 1 rings (SSSR count). The van der Waals surface area contributed by atoms with Crippen LogP contribution in [0.15, 0.2) is 0 Å². The van der Waals surface area contributed by atoms with Crippen molar-refractivity contribution in [2.24, 2.45) is 5.73 Å². The maximum atomic E-state index is 10.8. The second-order valence-electron chi connectivity index (χ2n) is 3.85. The minimum absolute atomic E-state index is 0.0163. The van der Waals surface area contributed by atoms with E-state index in [1.165, 1.54) is 0 Å². The normalized spacial score (nSPS) is 11.2. The zero-order valence-electron chi connectivity index (χ0n) is 8.79. The molecule has 3 N–H and O–H groups in total. The Labute approximate surface area is 103 Å². The maximum Gasteiger partial charge on any atom is 0.228 e. The summed E-state index contributed by atoms with van der Waals surface area (Å²) in [6.45, 7) is 3.56. The van der Waals surface area contributed by atoms with E-state index < -0.39 is 11.4 Å². The van der Waals surface area contributed by atoms with Gasteiger partial charge >= 0.3 is 0 Å². The first-order chi connectivity index (χ1) is 7.28. The molecule has 0 aliphatic heterocycles. The lowest BCUT2D eigenvalue weighted by Crippen LogP contribution is -2.36. The van der Waals surface area contributed by atoms with Crippen molar-refractivity contribution in [1.82, 2.24) is 15.0 Å². The Kier molecular flexibility index (Phi) is 3.88. The van der Waals surface area contributed by atoms with Crippen LogP contribution in [0.25, 0.3) is 0 Å². The number of hydrogen-bond donors (Lipinski definition) is 2. The van der Waals surface area contributed by atoms with Gasteiger partial charge in [0.05, 0.1) is 0 Å². The summed E-state index contributed by atoms with van der Waals surface area (Å²) < 4.78 is 0. The largest absolute Gasteiger partial charge is 0.370 e. The minimum atomic E-state index is -0.583. The molecule has 1 amide bonds. The first-order valence-corrected chi connectivity index (χ1v) is 5.18. The van der Waals surface area contributed by atoms with E-state index in [1.54, 1.807) is 13.8 Å². The van der Waals surface area contributed by atoms with Gasteiger partial charge in [0, 0.05) is 12.0 Å². The third-order valence-electron chi connectivity index (χ3n) is 1.65. The molecule has 0 atom stereocenters. The molecule has 0 unspecified atom stereocenters. The van der Waals surface area contributed by atoms with Crippen LogP contribution in [0, 0.1) is 0 Å². The van der Waals surface area contributed by atoms with Crippen molar-refractivity contribution < 1.29 is 4.79 Å². The number of primary amides is 1. The lowest BCUT2D eigenvalue weighted by atomic mass is 10.0. The van der Waals surface area contributed by atoms with E-state index in [2.05, 4.69) is 20.3 Å². The number of nitrogens with one attached hydrogen (secondary N) is 1. The molecule has 0 saturated heterocycles. The molecule has 0 aromatic carbocycles. The highest BCUT2D eigenvalue weighted by molar-refractivity contribution is 6.31. The van der Waals surface area contributed by atoms with E-state index in [0.29, 0.717) is 0 Å². The van der Waals surface area contributed by atoms with Crippen LogP contribution in [0.1, 0.15) is 20.3 Å². The van der Waals surface area contributed by atoms with Gasteiger partial charge in [-0.15, -0.1) is 0 Å². The lowest BCUT2D eigenvalue weighted by Gasteiger charge is -2.24. The molecule has 0 aliphatic rings. The zero-order valence-corrected chi connectivity index (χ0v) is 10.3. The van der Waals surface area contributed by atoms with Crippen LogP contribution in [0.3, 0.4) is 0 Å². The van der Waals surface area contributed by atoms with E-state index >= 15 is 0 Å². The van der Waals surface area contributed by atoms with Gasteiger partial charge in [-0.1, -0.05) is 0 Å². The molecule has 6 nitrogen and oxygen atoms in total. The predicted octanol–water partition coefficient (Wildman–Crippen LogP) is 1.24. The van der Waals surface area contributed by atoms with Crippen LogP contribution >= 0.6 is 23.2 Å². The van der Waals surface area contributed by atoms with Gasteiger partial charge in [-0.05, 0) is 37.0 Å². The molecule has 0 saturated carbocycles. The van der Waals surface area contributed by atoms with Gasteiger partial charge in [-0.2, -0.15) is 15.0 Å². The van der Waals surface area contributed by atoms with E-state index in [1.807, 2.05) is 0 Å². The highest BCUT2D eigenvalue weighted by atomic mass is 35.5. The molecule has 0 aliphatic carbocycles. The van der Waals surface area contributed by atoms with Gasteiger partial charge in [0.25, 0.3) is 0 Å². The maximum absolute atomic E-state index is 10.8. The summed E-state index contributed by atoms with van der Waals surface area (Å²) in [6.07, 6.45) is 0.133. The molecule has 1 heterocycles. The quantitative estimate of drug-likeness (QED) is 0.853. The van der Waals surface area contributed by atoms with Gasteiger partial charge < -0.3 is 11.1 Å². The van der Waals surface area contributed by atoms with E-state index in [4.69, 9.17) is 28.9 Å². The Balaban J connectivity index is 2.83. The molecule has 1 aromatic heterocycles. The number of carbonyl (C=O) groups is 1. The van der Waals surface area contributed by atoms with Crippen LogP contribution in [0.2, 0.25) is 10.6 Å². The van der Waals surface area contributed by atoms with Gasteiger partial charge in [0.1, 0.15) is 0 Å². The molecular weight excluding hydrogens is 253 g/mol. The fourth-order valence-electron chi connectivity index (χ4n) is 1.16. The molecule has 8 heteroatoms. The number of aromatic nitrogens is 3. The monoisotopic (exact) mass is 263 g/mol. The molecular formula is C8H11Cl2N5O. The number of hydrogen-bond acceptors (Lipinski definition) is 5. The molecule has 1 aromatic rings. The number of nitrogens with two attached hydrogens (primary N) is 1. The average Bonchev–Trinajstić information content (AvgIpc) is 1.95. The van der Waals surface area contributed by atoms with E-state index in [0.717, 1.165) is 0 Å². The Hall–Kier alpha value is -1.14. The van der Waals surface area contributed by atoms with Crippen molar-refractivity contribution in [3.63, 3.8) is 0 Å². The van der Waals surface area contributed by atoms with Crippen LogP contribution in [0.5, 0.6) is 0 Å². The Bertz CT molecular complexity index is 389. The van der Waals surface area contributed by atoms with Gasteiger partial charge in [0.15, 0.2) is 0 Å². The third-order valence-corrected chi connectivity index (χ3v) is 1.99. The highest BCUT2D eigenvalue weighted by Gasteiger charge is 2.21. The van der Waals surface area contributed by atoms with Gasteiger partial charge in [-0.3, -0.25) is 4.79 Å². The van der Waals surface area contributed by atoms with Gasteiger partial charge in [-0.25, -0.2) is 0 Å². The van der Waals surface area contributed by atoms with Crippen LogP contribution < -0.4 is 11.1 Å². The van der Waals surface area contributed by atoms with Crippen molar-refractivity contribution in [2.45, 2.75) is 25.8 Å². The third kappa shape index (κ3) is 4.16. The van der Waals surface area contributed by atoms with E-state index in [-0.39, 0.29) is 22.9 Å². The zero-order chi connectivity index (χ0) is 12.3. The number of halogens is 2. The van der Waals surface area contributed by atoms with Crippen molar-refractivity contribution >= 4 is 35.1 Å². The van der Waals surface area contributed by atoms with Crippen LogP contribution in [-0.2, 0) is 4.79 Å². The summed E-state index contributed by atoms with van der Waals surface area (Å²) in [5, 5.41) is 2.87. The summed E-state index contributed by atoms with van der Waals surface area (Å²) in [6, 6.07) is 0. The summed E-state index contributed by atoms with van der Waals surface area (Å²) in [5.74, 6) is -0.222. The Morgan fingerprint density at radius 3 is 2.25 bits per heavy atom. The van der Waals surface area contributed by atoms with Crippen molar-refractivity contribution in [1.29, 1.82) is 0 Å². The summed E-state index contributed by atoms with van der Waals surface area (Å²) in [5.41, 5.74) is 4.52. The first-order valence-electron chi connectivity index (χ1n) is 4.42. The van der Waals surface area contributed by atoms with Crippen molar-refractivity contribution in [2.75, 3.05) is 5.32 Å². The first kappa shape index (κ1) is 12.9. The molecule has 0 fully saturated rings. The molecule has 88 valence electrons. The number of carbonyl (C=O) groups excluding carboxylic acids is 1. The van der Waals surface area contributed by atoms with Crippen LogP contribution in [-0.4, -0.2) is 26.4 Å². The summed E-state index contributed by atoms with van der Waals surface area (Å²) in [7, 11) is 0. The Morgan fingerprint density at radius 2 is 1.81 bits per heavy atom. The average molecular weight is 264 g/mol. The lowest BCUT2D eigenvalue weighted by molar-refractivity contribution is -0.118. The molecule has 0 bridgehead atoms. The number of nitrogens with zero attached hydrogens (tertiary/aromatic N) is 3. The standard InChI is InChI=1S/C8H11Cl2N5O/c1-8(2,3-4(11)16)15-7-13-5(9)12-6(10)14-7/h3H2,1-2H3,(H2,11,16)(H,12,13,14,15). The van der Waals surface area contributed by atoms with Crippen molar-refractivity contribution in [3.8, 4) is 0 Å². The topological polar surface area (TPSA) is 93.8 Å². The molecule has 0 radical (unpaired) electrons. The summed E-state index contributed by atoms with van der Waals surface area (Å²) in [4.78, 5) is 22.1. The summed E-state index contributed by atoms with van der Waals surface area (Å²) >= 11 is 11.2. The predicted molar refractivity (Wildman–Crippen MR) is 61.4 cm³/mol. The highest BCUT2D eigenvalue weighted by Crippen LogP contribution is 2.17. The number of anilines is 1. The Morgan fingerprint density at radius 1 is 1.31 bits per heavy atom. The minimum Gasteiger partial charge on any atom is -0.370 e. The second kappa shape index (κ2) is 4.80.